The summed E-state index contributed by atoms with van der Waals surface area (Å²) in [5, 5.41) is 3.38. The zero-order valence-electron chi connectivity index (χ0n) is 14.4. The third kappa shape index (κ3) is 4.08. The van der Waals surface area contributed by atoms with Crippen molar-refractivity contribution < 1.29 is 13.9 Å². The third-order valence-electron chi connectivity index (χ3n) is 3.91. The Hall–Kier alpha value is -2.73. The molecular weight excluding hydrogens is 351 g/mol. The van der Waals surface area contributed by atoms with Crippen molar-refractivity contribution in [1.29, 1.82) is 0 Å². The molecule has 0 unspecified atom stereocenters. The fraction of sp³-hybridized carbons (Fsp3) is 0.200. The molecule has 2 aromatic rings. The van der Waals surface area contributed by atoms with Crippen molar-refractivity contribution in [3.8, 4) is 5.75 Å². The molecule has 26 heavy (non-hydrogen) atoms. The number of halogens is 1. The molecule has 134 valence electrons. The number of carbonyl (C=O) groups is 1. The van der Waals surface area contributed by atoms with E-state index in [1.54, 1.807) is 23.1 Å². The topological polar surface area (TPSA) is 41.6 Å². The summed E-state index contributed by atoms with van der Waals surface area (Å²) in [7, 11) is 0. The molecule has 1 amide bonds. The van der Waals surface area contributed by atoms with Gasteiger partial charge in [0.2, 0.25) is 0 Å². The van der Waals surface area contributed by atoms with Crippen molar-refractivity contribution in [2.24, 2.45) is 0 Å². The number of thiocarbonyl (C=S) groups is 1. The standard InChI is InChI=1S/C20H19FN2O2S/c1-2-10-23-19(24)17(22-20(23)26)12-15-7-3-4-9-18(15)25-13-14-6-5-8-16(21)11-14/h3-9,11-12H,2,10,13H2,1H3,(H,22,26). The van der Waals surface area contributed by atoms with Crippen LogP contribution in [0.25, 0.3) is 6.08 Å². The second-order valence-electron chi connectivity index (χ2n) is 5.90. The van der Waals surface area contributed by atoms with Crippen molar-refractivity contribution in [2.45, 2.75) is 20.0 Å². The molecule has 2 aromatic carbocycles. The zero-order valence-corrected chi connectivity index (χ0v) is 15.2. The van der Waals surface area contributed by atoms with E-state index >= 15 is 0 Å². The molecule has 0 atom stereocenters. The van der Waals surface area contributed by atoms with Gasteiger partial charge in [0.1, 0.15) is 23.9 Å². The van der Waals surface area contributed by atoms with Crippen LogP contribution in [0.15, 0.2) is 54.2 Å². The molecule has 1 aliphatic heterocycles. The van der Waals surface area contributed by atoms with Crippen LogP contribution in [-0.2, 0) is 11.4 Å². The number of benzene rings is 2. The van der Waals surface area contributed by atoms with Crippen LogP contribution in [0.4, 0.5) is 4.39 Å². The summed E-state index contributed by atoms with van der Waals surface area (Å²) in [6.45, 7) is 2.81. The van der Waals surface area contributed by atoms with Crippen molar-refractivity contribution in [2.75, 3.05) is 6.54 Å². The quantitative estimate of drug-likeness (QED) is 0.619. The summed E-state index contributed by atoms with van der Waals surface area (Å²) in [5.41, 5.74) is 1.91. The summed E-state index contributed by atoms with van der Waals surface area (Å²) in [5.74, 6) is 0.169. The van der Waals surface area contributed by atoms with E-state index in [-0.39, 0.29) is 18.3 Å². The van der Waals surface area contributed by atoms with Crippen LogP contribution in [0, 0.1) is 5.82 Å². The van der Waals surface area contributed by atoms with Crippen molar-refractivity contribution in [3.05, 3.63) is 71.2 Å². The minimum absolute atomic E-state index is 0.142. The van der Waals surface area contributed by atoms with Gasteiger partial charge in [-0.3, -0.25) is 9.69 Å². The third-order valence-corrected chi connectivity index (χ3v) is 4.23. The van der Waals surface area contributed by atoms with Gasteiger partial charge in [0.25, 0.3) is 5.91 Å². The van der Waals surface area contributed by atoms with Crippen LogP contribution >= 0.6 is 12.2 Å². The van der Waals surface area contributed by atoms with Gasteiger partial charge in [-0.15, -0.1) is 0 Å². The molecule has 1 heterocycles. The second kappa shape index (κ2) is 8.10. The maximum Gasteiger partial charge on any atom is 0.276 e. The number of ether oxygens (including phenoxy) is 1. The number of hydrogen-bond acceptors (Lipinski definition) is 3. The van der Waals surface area contributed by atoms with Gasteiger partial charge in [0.15, 0.2) is 5.11 Å². The number of nitrogens with zero attached hydrogens (tertiary/aromatic N) is 1. The van der Waals surface area contributed by atoms with Crippen LogP contribution in [0.2, 0.25) is 0 Å². The molecule has 4 nitrogen and oxygen atoms in total. The smallest absolute Gasteiger partial charge is 0.276 e. The Bertz CT molecular complexity index is 866. The first-order valence-electron chi connectivity index (χ1n) is 8.39. The van der Waals surface area contributed by atoms with Crippen molar-refractivity contribution in [1.82, 2.24) is 10.2 Å². The average Bonchev–Trinajstić information content (AvgIpc) is 2.89. The number of para-hydroxylation sites is 1. The Kier molecular flexibility index (Phi) is 5.63. The van der Waals surface area contributed by atoms with E-state index in [0.29, 0.717) is 23.1 Å². The highest BCUT2D eigenvalue weighted by molar-refractivity contribution is 7.80. The predicted octanol–water partition coefficient (Wildman–Crippen LogP) is 3.87. The first-order chi connectivity index (χ1) is 12.6. The van der Waals surface area contributed by atoms with Crippen LogP contribution in [0.3, 0.4) is 0 Å². The average molecular weight is 370 g/mol. The molecule has 0 aromatic heterocycles. The van der Waals surface area contributed by atoms with Gasteiger partial charge >= 0.3 is 0 Å². The van der Waals surface area contributed by atoms with Crippen molar-refractivity contribution >= 4 is 29.3 Å². The summed E-state index contributed by atoms with van der Waals surface area (Å²) in [6.07, 6.45) is 2.55. The minimum Gasteiger partial charge on any atom is -0.488 e. The minimum atomic E-state index is -0.299. The lowest BCUT2D eigenvalue weighted by molar-refractivity contribution is -0.122. The van der Waals surface area contributed by atoms with E-state index in [0.717, 1.165) is 17.5 Å². The monoisotopic (exact) mass is 370 g/mol. The van der Waals surface area contributed by atoms with Gasteiger partial charge in [-0.2, -0.15) is 0 Å². The molecular formula is C20H19FN2O2S. The second-order valence-corrected chi connectivity index (χ2v) is 6.29. The Morgan fingerprint density at radius 3 is 2.81 bits per heavy atom. The Balaban J connectivity index is 1.79. The summed E-state index contributed by atoms with van der Waals surface area (Å²) in [6, 6.07) is 13.7. The lowest BCUT2D eigenvalue weighted by Gasteiger charge is -2.11. The lowest BCUT2D eigenvalue weighted by Crippen LogP contribution is -2.31. The van der Waals surface area contributed by atoms with Gasteiger partial charge in [-0.05, 0) is 48.5 Å². The maximum absolute atomic E-state index is 13.3. The predicted molar refractivity (Wildman–Crippen MR) is 103 cm³/mol. The number of rotatable bonds is 6. The van der Waals surface area contributed by atoms with Gasteiger partial charge in [-0.25, -0.2) is 4.39 Å². The Labute approximate surface area is 157 Å². The van der Waals surface area contributed by atoms with Gasteiger partial charge in [-0.1, -0.05) is 37.3 Å². The molecule has 0 aliphatic carbocycles. The fourth-order valence-corrected chi connectivity index (χ4v) is 2.96. The van der Waals surface area contributed by atoms with Crippen LogP contribution in [-0.4, -0.2) is 22.5 Å². The zero-order chi connectivity index (χ0) is 18.5. The molecule has 1 fully saturated rings. The first-order valence-corrected chi connectivity index (χ1v) is 8.80. The maximum atomic E-state index is 13.3. The van der Waals surface area contributed by atoms with E-state index in [4.69, 9.17) is 17.0 Å². The first kappa shape index (κ1) is 18.1. The fourth-order valence-electron chi connectivity index (χ4n) is 2.67. The van der Waals surface area contributed by atoms with Gasteiger partial charge in [0, 0.05) is 12.1 Å². The molecule has 0 spiro atoms. The van der Waals surface area contributed by atoms with Gasteiger partial charge in [0.05, 0.1) is 0 Å². The van der Waals surface area contributed by atoms with E-state index in [9.17, 15) is 9.18 Å². The normalized spacial score (nSPS) is 15.5. The van der Waals surface area contributed by atoms with Crippen LogP contribution in [0.5, 0.6) is 5.75 Å². The lowest BCUT2D eigenvalue weighted by atomic mass is 10.1. The summed E-state index contributed by atoms with van der Waals surface area (Å²) < 4.78 is 19.1. The van der Waals surface area contributed by atoms with E-state index < -0.39 is 0 Å². The molecule has 0 saturated carbocycles. The van der Waals surface area contributed by atoms with E-state index in [1.807, 2.05) is 31.2 Å². The molecule has 6 heteroatoms. The summed E-state index contributed by atoms with van der Waals surface area (Å²) >= 11 is 5.22. The molecule has 1 aliphatic rings. The highest BCUT2D eigenvalue weighted by atomic mass is 32.1. The van der Waals surface area contributed by atoms with E-state index in [2.05, 4.69) is 5.32 Å². The molecule has 0 radical (unpaired) electrons. The number of amides is 1. The summed E-state index contributed by atoms with van der Waals surface area (Å²) in [4.78, 5) is 14.0. The molecule has 0 bridgehead atoms. The SMILES string of the molecule is CCCN1C(=O)C(=Cc2ccccc2OCc2cccc(F)c2)NC1=S. The van der Waals surface area contributed by atoms with Gasteiger partial charge < -0.3 is 10.1 Å². The largest absolute Gasteiger partial charge is 0.488 e. The van der Waals surface area contributed by atoms with Crippen molar-refractivity contribution in [3.63, 3.8) is 0 Å². The highest BCUT2D eigenvalue weighted by Crippen LogP contribution is 2.24. The number of hydrogen-bond donors (Lipinski definition) is 1. The van der Waals surface area contributed by atoms with E-state index in [1.165, 1.54) is 12.1 Å². The van der Waals surface area contributed by atoms with Crippen LogP contribution < -0.4 is 10.1 Å². The number of nitrogens with one attached hydrogen (secondary N) is 1. The molecule has 1 saturated heterocycles. The Morgan fingerprint density at radius 2 is 2.04 bits per heavy atom. The molecule has 3 rings (SSSR count). The number of carbonyl (C=O) groups excluding carboxylic acids is 1. The molecule has 1 N–H and O–H groups in total. The Morgan fingerprint density at radius 1 is 1.23 bits per heavy atom. The van der Waals surface area contributed by atoms with Crippen LogP contribution in [0.1, 0.15) is 24.5 Å². The highest BCUT2D eigenvalue weighted by Gasteiger charge is 2.29.